The van der Waals surface area contributed by atoms with E-state index >= 15 is 0 Å². The SMILES string of the molecule is O=Cc1ccc(N2CCCC(CCO)C2)s1. The number of rotatable bonds is 4. The molecule has 0 spiro atoms. The van der Waals surface area contributed by atoms with E-state index < -0.39 is 0 Å². The van der Waals surface area contributed by atoms with Crippen LogP contribution in [0.25, 0.3) is 0 Å². The molecule has 1 N–H and O–H groups in total. The van der Waals surface area contributed by atoms with Crippen LogP contribution in [0.4, 0.5) is 5.00 Å². The van der Waals surface area contributed by atoms with Crippen molar-refractivity contribution >= 4 is 22.6 Å². The summed E-state index contributed by atoms with van der Waals surface area (Å²) in [6.45, 7) is 2.36. The summed E-state index contributed by atoms with van der Waals surface area (Å²) in [6.07, 6.45) is 4.19. The molecule has 1 atom stereocenters. The number of hydrogen-bond donors (Lipinski definition) is 1. The summed E-state index contributed by atoms with van der Waals surface area (Å²) in [5.74, 6) is 0.598. The Balaban J connectivity index is 2.00. The molecule has 1 aromatic heterocycles. The van der Waals surface area contributed by atoms with Gasteiger partial charge in [0.2, 0.25) is 0 Å². The van der Waals surface area contributed by atoms with Crippen molar-refractivity contribution in [1.29, 1.82) is 0 Å². The van der Waals surface area contributed by atoms with Crippen molar-refractivity contribution in [1.82, 2.24) is 0 Å². The number of carbonyl (C=O) groups excluding carboxylic acids is 1. The quantitative estimate of drug-likeness (QED) is 0.819. The third kappa shape index (κ3) is 2.62. The number of piperidine rings is 1. The van der Waals surface area contributed by atoms with Crippen LogP contribution in [0.2, 0.25) is 0 Å². The Morgan fingerprint density at radius 2 is 2.44 bits per heavy atom. The monoisotopic (exact) mass is 239 g/mol. The van der Waals surface area contributed by atoms with Crippen molar-refractivity contribution < 1.29 is 9.90 Å². The van der Waals surface area contributed by atoms with Crippen molar-refractivity contribution in [2.45, 2.75) is 19.3 Å². The number of hydrogen-bond acceptors (Lipinski definition) is 4. The van der Waals surface area contributed by atoms with Crippen molar-refractivity contribution in [3.05, 3.63) is 17.0 Å². The van der Waals surface area contributed by atoms with Gasteiger partial charge in [-0.25, -0.2) is 0 Å². The number of thiophene rings is 1. The first-order chi connectivity index (χ1) is 7.83. The second kappa shape index (κ2) is 5.46. The second-order valence-electron chi connectivity index (χ2n) is 4.26. The van der Waals surface area contributed by atoms with Crippen molar-refractivity contribution in [2.24, 2.45) is 5.92 Å². The molecule has 1 aliphatic rings. The lowest BCUT2D eigenvalue weighted by atomic mass is 9.95. The van der Waals surface area contributed by atoms with Gasteiger partial charge in [0.25, 0.3) is 0 Å². The molecule has 88 valence electrons. The van der Waals surface area contributed by atoms with Gasteiger partial charge < -0.3 is 10.0 Å². The number of aliphatic hydroxyl groups is 1. The standard InChI is InChI=1S/C12H17NO2S/c14-7-5-10-2-1-6-13(8-10)12-4-3-11(9-15)16-12/h3-4,9-10,14H,1-2,5-8H2. The molecule has 1 fully saturated rings. The summed E-state index contributed by atoms with van der Waals surface area (Å²) < 4.78 is 0. The van der Waals surface area contributed by atoms with Gasteiger partial charge in [-0.1, -0.05) is 0 Å². The molecule has 0 aliphatic carbocycles. The van der Waals surface area contributed by atoms with E-state index in [0.717, 1.165) is 30.7 Å². The highest BCUT2D eigenvalue weighted by Crippen LogP contribution is 2.30. The van der Waals surface area contributed by atoms with E-state index in [0.29, 0.717) is 5.92 Å². The fourth-order valence-electron chi connectivity index (χ4n) is 2.26. The van der Waals surface area contributed by atoms with Crippen LogP contribution in [0, 0.1) is 5.92 Å². The van der Waals surface area contributed by atoms with Gasteiger partial charge in [-0.3, -0.25) is 4.79 Å². The predicted molar refractivity (Wildman–Crippen MR) is 66.3 cm³/mol. The van der Waals surface area contributed by atoms with E-state index in [9.17, 15) is 4.79 Å². The maximum absolute atomic E-state index is 10.6. The highest BCUT2D eigenvalue weighted by molar-refractivity contribution is 7.17. The largest absolute Gasteiger partial charge is 0.396 e. The lowest BCUT2D eigenvalue weighted by Gasteiger charge is -2.33. The van der Waals surface area contributed by atoms with Gasteiger partial charge in [-0.2, -0.15) is 0 Å². The van der Waals surface area contributed by atoms with Crippen LogP contribution in [0.3, 0.4) is 0 Å². The Labute approximate surface area is 99.7 Å². The molecule has 0 radical (unpaired) electrons. The molecular formula is C12H17NO2S. The van der Waals surface area contributed by atoms with E-state index in [1.807, 2.05) is 12.1 Å². The normalized spacial score (nSPS) is 21.1. The molecule has 2 heterocycles. The topological polar surface area (TPSA) is 40.5 Å². The second-order valence-corrected chi connectivity index (χ2v) is 5.35. The summed E-state index contributed by atoms with van der Waals surface area (Å²) in [4.78, 5) is 13.8. The molecule has 4 heteroatoms. The first-order valence-electron chi connectivity index (χ1n) is 5.74. The van der Waals surface area contributed by atoms with Crippen LogP contribution in [0.1, 0.15) is 28.9 Å². The first-order valence-corrected chi connectivity index (χ1v) is 6.56. The number of carbonyl (C=O) groups is 1. The molecule has 0 bridgehead atoms. The molecular weight excluding hydrogens is 222 g/mol. The highest BCUT2D eigenvalue weighted by atomic mass is 32.1. The van der Waals surface area contributed by atoms with Gasteiger partial charge >= 0.3 is 0 Å². The molecule has 0 amide bonds. The Morgan fingerprint density at radius 1 is 1.56 bits per heavy atom. The smallest absolute Gasteiger partial charge is 0.160 e. The maximum atomic E-state index is 10.6. The maximum Gasteiger partial charge on any atom is 0.160 e. The van der Waals surface area contributed by atoms with Crippen LogP contribution < -0.4 is 4.90 Å². The van der Waals surface area contributed by atoms with E-state index in [-0.39, 0.29) is 6.61 Å². The van der Waals surface area contributed by atoms with Gasteiger partial charge in [-0.15, -0.1) is 11.3 Å². The summed E-state index contributed by atoms with van der Waals surface area (Å²) in [5.41, 5.74) is 0. The Bertz CT molecular complexity index is 349. The van der Waals surface area contributed by atoms with E-state index in [1.54, 1.807) is 11.3 Å². The van der Waals surface area contributed by atoms with Crippen molar-refractivity contribution in [2.75, 3.05) is 24.6 Å². The lowest BCUT2D eigenvalue weighted by Crippen LogP contribution is -2.35. The minimum Gasteiger partial charge on any atom is -0.396 e. The van der Waals surface area contributed by atoms with Crippen LogP contribution >= 0.6 is 11.3 Å². The Hall–Kier alpha value is -0.870. The summed E-state index contributed by atoms with van der Waals surface area (Å²) in [5, 5.41) is 10.1. The first kappa shape index (κ1) is 11.6. The molecule has 0 aromatic carbocycles. The van der Waals surface area contributed by atoms with Crippen LogP contribution in [0.15, 0.2) is 12.1 Å². The van der Waals surface area contributed by atoms with Crippen molar-refractivity contribution in [3.8, 4) is 0 Å². The molecule has 0 saturated carbocycles. The minimum absolute atomic E-state index is 0.280. The van der Waals surface area contributed by atoms with Gasteiger partial charge in [0.1, 0.15) is 0 Å². The highest BCUT2D eigenvalue weighted by Gasteiger charge is 2.20. The van der Waals surface area contributed by atoms with Crippen LogP contribution in [-0.4, -0.2) is 31.1 Å². The molecule has 1 unspecified atom stereocenters. The zero-order chi connectivity index (χ0) is 11.4. The zero-order valence-electron chi connectivity index (χ0n) is 9.26. The van der Waals surface area contributed by atoms with E-state index in [4.69, 9.17) is 5.11 Å². The van der Waals surface area contributed by atoms with Crippen LogP contribution in [0.5, 0.6) is 0 Å². The third-order valence-electron chi connectivity index (χ3n) is 3.10. The minimum atomic E-state index is 0.280. The average molecular weight is 239 g/mol. The number of anilines is 1. The van der Waals surface area contributed by atoms with Gasteiger partial charge in [-0.05, 0) is 37.3 Å². The summed E-state index contributed by atoms with van der Waals surface area (Å²) in [7, 11) is 0. The van der Waals surface area contributed by atoms with E-state index in [1.165, 1.54) is 17.8 Å². The lowest BCUT2D eigenvalue weighted by molar-refractivity contribution is 0.112. The average Bonchev–Trinajstić information content (AvgIpc) is 2.78. The molecule has 16 heavy (non-hydrogen) atoms. The summed E-state index contributed by atoms with van der Waals surface area (Å²) >= 11 is 1.55. The fraction of sp³-hybridized carbons (Fsp3) is 0.583. The van der Waals surface area contributed by atoms with Gasteiger partial charge in [0, 0.05) is 19.7 Å². The number of aliphatic hydroxyl groups excluding tert-OH is 1. The van der Waals surface area contributed by atoms with Gasteiger partial charge in [0.15, 0.2) is 6.29 Å². The Kier molecular flexibility index (Phi) is 3.96. The molecule has 2 rings (SSSR count). The van der Waals surface area contributed by atoms with E-state index in [2.05, 4.69) is 4.90 Å². The zero-order valence-corrected chi connectivity index (χ0v) is 10.1. The summed E-state index contributed by atoms with van der Waals surface area (Å²) in [6, 6.07) is 3.90. The molecule has 1 aromatic rings. The Morgan fingerprint density at radius 3 is 3.12 bits per heavy atom. The third-order valence-corrected chi connectivity index (χ3v) is 4.17. The fourth-order valence-corrected chi connectivity index (χ4v) is 3.12. The molecule has 1 saturated heterocycles. The predicted octanol–water partition coefficient (Wildman–Crippen LogP) is 2.16. The van der Waals surface area contributed by atoms with Crippen molar-refractivity contribution in [3.63, 3.8) is 0 Å². The van der Waals surface area contributed by atoms with Gasteiger partial charge in [0.05, 0.1) is 9.88 Å². The number of aldehydes is 1. The van der Waals surface area contributed by atoms with Crippen LogP contribution in [-0.2, 0) is 0 Å². The molecule has 3 nitrogen and oxygen atoms in total. The molecule has 1 aliphatic heterocycles. The number of nitrogens with zero attached hydrogens (tertiary/aromatic N) is 1.